The fraction of sp³-hybridized carbons (Fsp3) is 0.0571. The summed E-state index contributed by atoms with van der Waals surface area (Å²) in [6, 6.07) is 101. The second-order valence-corrected chi connectivity index (χ2v) is 19.5. The predicted octanol–water partition coefficient (Wildman–Crippen LogP) is 18.5. The number of hydrogen-bond donors (Lipinski definition) is 0. The Morgan fingerprint density at radius 3 is 1.11 bits per heavy atom. The first-order valence-electron chi connectivity index (χ1n) is 24.8. The van der Waals surface area contributed by atoms with E-state index in [4.69, 9.17) is 0 Å². The summed E-state index contributed by atoms with van der Waals surface area (Å²) in [5.41, 5.74) is 25.4. The van der Waals surface area contributed by atoms with Crippen molar-refractivity contribution in [1.82, 2.24) is 0 Å². The van der Waals surface area contributed by atoms with E-state index in [0.717, 1.165) is 28.2 Å². The van der Waals surface area contributed by atoms with E-state index >= 15 is 0 Å². The Morgan fingerprint density at radius 2 is 0.577 bits per heavy atom. The van der Waals surface area contributed by atoms with E-state index in [2.05, 4.69) is 292 Å². The van der Waals surface area contributed by atoms with Crippen LogP contribution < -0.4 is 4.90 Å². The lowest BCUT2D eigenvalue weighted by molar-refractivity contribution is 0.714. The van der Waals surface area contributed by atoms with Gasteiger partial charge in [-0.2, -0.15) is 0 Å². The van der Waals surface area contributed by atoms with Crippen molar-refractivity contribution in [2.45, 2.75) is 24.7 Å². The molecule has 0 saturated heterocycles. The first kappa shape index (κ1) is 42.3. The van der Waals surface area contributed by atoms with Gasteiger partial charge in [0.05, 0.1) is 11.4 Å². The molecule has 0 amide bonds. The largest absolute Gasteiger partial charge is 0.309 e. The highest BCUT2D eigenvalue weighted by Gasteiger charge is 2.42. The molecule has 0 saturated carbocycles. The van der Waals surface area contributed by atoms with E-state index in [0.29, 0.717) is 0 Å². The molecule has 336 valence electrons. The lowest BCUT2D eigenvalue weighted by Gasteiger charge is -2.31. The quantitative estimate of drug-likeness (QED) is 0.139. The number of hydrogen-bond acceptors (Lipinski definition) is 1. The van der Waals surface area contributed by atoms with Crippen LogP contribution in [-0.2, 0) is 10.8 Å². The number of rotatable bonds is 9. The average Bonchev–Trinajstić information content (AvgIpc) is 3.87. The molecule has 0 aromatic heterocycles. The molecule has 11 aromatic rings. The molecule has 0 bridgehead atoms. The molecule has 13 rings (SSSR count). The summed E-state index contributed by atoms with van der Waals surface area (Å²) in [4.78, 5) is 2.48. The number of fused-ring (bicyclic) bond motifs is 6. The molecule has 2 atom stereocenters. The molecular weight excluding hydrogens is 855 g/mol. The number of para-hydroxylation sites is 2. The van der Waals surface area contributed by atoms with Crippen LogP contribution in [0.4, 0.5) is 17.1 Å². The van der Waals surface area contributed by atoms with E-state index in [9.17, 15) is 0 Å². The molecule has 2 unspecified atom stereocenters. The molecule has 0 N–H and O–H groups in total. The van der Waals surface area contributed by atoms with Gasteiger partial charge in [0.1, 0.15) is 0 Å². The number of nitrogens with zero attached hydrogens (tertiary/aromatic N) is 1. The zero-order chi connectivity index (χ0) is 47.5. The van der Waals surface area contributed by atoms with Gasteiger partial charge in [-0.3, -0.25) is 0 Å². The number of benzene rings is 11. The van der Waals surface area contributed by atoms with Crippen LogP contribution in [0.15, 0.2) is 273 Å². The van der Waals surface area contributed by atoms with Crippen LogP contribution in [-0.4, -0.2) is 0 Å². The second kappa shape index (κ2) is 17.0. The molecule has 0 aliphatic heterocycles. The molecule has 1 heteroatoms. The third-order valence-electron chi connectivity index (χ3n) is 15.7. The van der Waals surface area contributed by atoms with Crippen molar-refractivity contribution in [2.75, 3.05) is 4.90 Å². The minimum Gasteiger partial charge on any atom is -0.309 e. The zero-order valence-electron chi connectivity index (χ0n) is 39.9. The van der Waals surface area contributed by atoms with E-state index in [1.54, 1.807) is 0 Å². The summed E-state index contributed by atoms with van der Waals surface area (Å²) in [7, 11) is 0. The predicted molar refractivity (Wildman–Crippen MR) is 298 cm³/mol. The summed E-state index contributed by atoms with van der Waals surface area (Å²) in [6.07, 6.45) is 0. The first-order valence-corrected chi connectivity index (χ1v) is 24.8. The lowest BCUT2D eigenvalue weighted by atomic mass is 9.74. The Labute approximate surface area is 417 Å². The number of anilines is 3. The normalized spacial score (nSPS) is 16.1. The van der Waals surface area contributed by atoms with Crippen LogP contribution in [0.3, 0.4) is 0 Å². The van der Waals surface area contributed by atoms with E-state index in [-0.39, 0.29) is 10.8 Å². The molecule has 11 aromatic carbocycles. The summed E-state index contributed by atoms with van der Waals surface area (Å²) in [5, 5.41) is 0. The van der Waals surface area contributed by atoms with Crippen LogP contribution in [0.1, 0.15) is 47.2 Å². The molecule has 2 aliphatic carbocycles. The standard InChI is InChI=1S/C70H51N/c1-69(54-22-8-4-9-23-54)63-30-16-12-28-59(63)61-44-40-52(46-65(61)69)50-38-42-56(43-39-50)71(67-32-18-14-26-57(67)51-36-34-49(35-37-51)48-20-6-3-7-21-48)68-33-19-15-27-58(68)53-41-45-62-60-29-13-17-31-64(60)70(2,66(62)47-53)55-24-10-5-11-25-55/h3-47H,1-2H3. The Morgan fingerprint density at radius 1 is 0.239 bits per heavy atom. The fourth-order valence-corrected chi connectivity index (χ4v) is 12.0. The smallest absolute Gasteiger partial charge is 0.0540 e. The third kappa shape index (κ3) is 6.84. The van der Waals surface area contributed by atoms with Crippen molar-refractivity contribution in [3.8, 4) is 66.8 Å². The van der Waals surface area contributed by atoms with Gasteiger partial charge in [-0.05, 0) is 139 Å². The van der Waals surface area contributed by atoms with Gasteiger partial charge < -0.3 is 4.90 Å². The van der Waals surface area contributed by atoms with Gasteiger partial charge >= 0.3 is 0 Å². The van der Waals surface area contributed by atoms with Crippen molar-refractivity contribution in [1.29, 1.82) is 0 Å². The highest BCUT2D eigenvalue weighted by molar-refractivity contribution is 5.96. The van der Waals surface area contributed by atoms with E-state index < -0.39 is 0 Å². The Bertz CT molecular complexity index is 3760. The van der Waals surface area contributed by atoms with Crippen molar-refractivity contribution < 1.29 is 0 Å². The highest BCUT2D eigenvalue weighted by atomic mass is 15.1. The fourth-order valence-electron chi connectivity index (χ4n) is 12.0. The van der Waals surface area contributed by atoms with Gasteiger partial charge in [0.15, 0.2) is 0 Å². The van der Waals surface area contributed by atoms with Crippen LogP contribution >= 0.6 is 0 Å². The zero-order valence-corrected chi connectivity index (χ0v) is 39.9. The minimum absolute atomic E-state index is 0.272. The molecule has 0 heterocycles. The maximum Gasteiger partial charge on any atom is 0.0540 e. The van der Waals surface area contributed by atoms with Crippen LogP contribution in [0.5, 0.6) is 0 Å². The van der Waals surface area contributed by atoms with Crippen molar-refractivity contribution in [3.63, 3.8) is 0 Å². The molecule has 71 heavy (non-hydrogen) atoms. The van der Waals surface area contributed by atoms with Crippen molar-refractivity contribution >= 4 is 17.1 Å². The van der Waals surface area contributed by atoms with Gasteiger partial charge in [0.2, 0.25) is 0 Å². The maximum absolute atomic E-state index is 2.48. The monoisotopic (exact) mass is 905 g/mol. The molecule has 2 aliphatic rings. The molecule has 0 fully saturated rings. The third-order valence-corrected chi connectivity index (χ3v) is 15.7. The summed E-state index contributed by atoms with van der Waals surface area (Å²) >= 11 is 0. The van der Waals surface area contributed by atoms with Gasteiger partial charge in [0, 0.05) is 27.6 Å². The highest BCUT2D eigenvalue weighted by Crippen LogP contribution is 2.55. The van der Waals surface area contributed by atoms with Crippen LogP contribution in [0.25, 0.3) is 66.8 Å². The van der Waals surface area contributed by atoms with Gasteiger partial charge in [-0.1, -0.05) is 237 Å². The molecular formula is C70H51N. The topological polar surface area (TPSA) is 3.24 Å². The molecule has 0 spiro atoms. The van der Waals surface area contributed by atoms with E-state index in [1.807, 2.05) is 0 Å². The van der Waals surface area contributed by atoms with Gasteiger partial charge in [-0.15, -0.1) is 0 Å². The summed E-state index contributed by atoms with van der Waals surface area (Å²) in [5.74, 6) is 0. The van der Waals surface area contributed by atoms with Crippen molar-refractivity contribution in [2.24, 2.45) is 0 Å². The molecule has 1 nitrogen and oxygen atoms in total. The Hall–Kier alpha value is -8.78. The summed E-state index contributed by atoms with van der Waals surface area (Å²) in [6.45, 7) is 4.79. The first-order chi connectivity index (χ1) is 35.0. The summed E-state index contributed by atoms with van der Waals surface area (Å²) < 4.78 is 0. The van der Waals surface area contributed by atoms with Crippen LogP contribution in [0, 0.1) is 0 Å². The second-order valence-electron chi connectivity index (χ2n) is 19.5. The van der Waals surface area contributed by atoms with E-state index in [1.165, 1.54) is 89.0 Å². The van der Waals surface area contributed by atoms with Crippen LogP contribution in [0.2, 0.25) is 0 Å². The van der Waals surface area contributed by atoms with Gasteiger partial charge in [-0.25, -0.2) is 0 Å². The Balaban J connectivity index is 0.958. The maximum atomic E-state index is 2.48. The van der Waals surface area contributed by atoms with Gasteiger partial charge in [0.25, 0.3) is 0 Å². The average molecular weight is 906 g/mol. The molecule has 0 radical (unpaired) electrons. The van der Waals surface area contributed by atoms with Crippen molar-refractivity contribution in [3.05, 3.63) is 306 Å². The minimum atomic E-state index is -0.314. The lowest BCUT2D eigenvalue weighted by Crippen LogP contribution is -2.22. The SMILES string of the molecule is CC1(c2ccccc2)c2ccccc2-c2ccc(-c3ccc(N(c4ccccc4-c4ccc(-c5ccccc5)cc4)c4ccccc4-c4ccc5c(c4)C(C)(c4ccccc4)c4ccccc4-5)cc3)cc21. The Kier molecular flexibility index (Phi) is 10.1.